The number of hydrogen-bond acceptors (Lipinski definition) is 5. The monoisotopic (exact) mass is 537 g/mol. The minimum Gasteiger partial charge on any atom is -0.379 e. The quantitative estimate of drug-likeness (QED) is 0.369. The zero-order valence-corrected chi connectivity index (χ0v) is 23.8. The van der Waals surface area contributed by atoms with Gasteiger partial charge in [0.05, 0.1) is 24.0 Å². The number of aryl methyl sites for hydroxylation is 1. The molecule has 8 atom stereocenters. The highest BCUT2D eigenvalue weighted by Crippen LogP contribution is 2.55. The molecule has 1 aromatic rings. The smallest absolute Gasteiger partial charge is 0.246 e. The maximum atomic E-state index is 14.1. The maximum absolute atomic E-state index is 14.1. The first kappa shape index (κ1) is 27.8. The van der Waals surface area contributed by atoms with Gasteiger partial charge >= 0.3 is 0 Å². The van der Waals surface area contributed by atoms with E-state index in [9.17, 15) is 14.4 Å². The second kappa shape index (κ2) is 11.0. The van der Waals surface area contributed by atoms with E-state index >= 15 is 0 Å². The Morgan fingerprint density at radius 2 is 2.00 bits per heavy atom. The van der Waals surface area contributed by atoms with E-state index in [2.05, 4.69) is 24.5 Å². The van der Waals surface area contributed by atoms with Gasteiger partial charge in [0.2, 0.25) is 17.7 Å². The number of fused-ring (bicyclic) bond motifs is 1. The molecule has 0 radical (unpaired) electrons. The van der Waals surface area contributed by atoms with Gasteiger partial charge in [0.25, 0.3) is 0 Å². The first-order valence-corrected chi connectivity index (χ1v) is 14.6. The molecule has 1 aliphatic carbocycles. The van der Waals surface area contributed by atoms with Crippen LogP contribution in [0.2, 0.25) is 0 Å². The molecular formula is C31H43N3O5. The van der Waals surface area contributed by atoms with Crippen molar-refractivity contribution >= 4 is 23.4 Å². The molecule has 5 rings (SSSR count). The van der Waals surface area contributed by atoms with Crippen LogP contribution >= 0.6 is 0 Å². The summed E-state index contributed by atoms with van der Waals surface area (Å²) in [5, 5.41) is 6.30. The van der Waals surface area contributed by atoms with Crippen molar-refractivity contribution in [1.29, 1.82) is 0 Å². The molecule has 3 fully saturated rings. The molecule has 8 nitrogen and oxygen atoms in total. The third-order valence-corrected chi connectivity index (χ3v) is 9.24. The van der Waals surface area contributed by atoms with Gasteiger partial charge < -0.3 is 25.0 Å². The SMILES string of the molecule is Cc1cccc(NC(=O)[C@H]2[C@H]3C=C[C@@]4(O3)[C@H]2C(=O)N(CCCOC(C)C)[C@@H]4C(=O)N[C@@H]2CCC[C@H](C)[C@H]2C)c1. The van der Waals surface area contributed by atoms with Gasteiger partial charge in [-0.15, -0.1) is 0 Å². The van der Waals surface area contributed by atoms with Crippen molar-refractivity contribution in [2.75, 3.05) is 18.5 Å². The van der Waals surface area contributed by atoms with Gasteiger partial charge in [-0.3, -0.25) is 14.4 Å². The van der Waals surface area contributed by atoms with Crippen LogP contribution in [0.4, 0.5) is 5.69 Å². The first-order valence-electron chi connectivity index (χ1n) is 14.6. The number of ether oxygens (including phenoxy) is 2. The van der Waals surface area contributed by atoms with E-state index in [4.69, 9.17) is 9.47 Å². The fraction of sp³-hybridized carbons (Fsp3) is 0.645. The molecule has 0 unspecified atom stereocenters. The average molecular weight is 538 g/mol. The van der Waals surface area contributed by atoms with Crippen molar-refractivity contribution in [3.8, 4) is 0 Å². The lowest BCUT2D eigenvalue weighted by Gasteiger charge is -2.38. The predicted molar refractivity (Wildman–Crippen MR) is 149 cm³/mol. The lowest BCUT2D eigenvalue weighted by molar-refractivity contribution is -0.142. The first-order chi connectivity index (χ1) is 18.6. The summed E-state index contributed by atoms with van der Waals surface area (Å²) in [7, 11) is 0. The summed E-state index contributed by atoms with van der Waals surface area (Å²) in [4.78, 5) is 43.3. The number of nitrogens with one attached hydrogen (secondary N) is 2. The Morgan fingerprint density at radius 3 is 2.74 bits per heavy atom. The predicted octanol–water partition coefficient (Wildman–Crippen LogP) is 3.84. The van der Waals surface area contributed by atoms with Crippen LogP contribution in [0.1, 0.15) is 58.9 Å². The normalized spacial score (nSPS) is 35.0. The van der Waals surface area contributed by atoms with Crippen molar-refractivity contribution in [3.05, 3.63) is 42.0 Å². The Balaban J connectivity index is 1.41. The van der Waals surface area contributed by atoms with Crippen LogP contribution < -0.4 is 10.6 Å². The third-order valence-electron chi connectivity index (χ3n) is 9.24. The van der Waals surface area contributed by atoms with Crippen LogP contribution in [0.3, 0.4) is 0 Å². The van der Waals surface area contributed by atoms with E-state index in [1.807, 2.05) is 57.2 Å². The van der Waals surface area contributed by atoms with Gasteiger partial charge in [0.15, 0.2) is 0 Å². The minimum absolute atomic E-state index is 0.0564. The van der Waals surface area contributed by atoms with Crippen LogP contribution in [-0.2, 0) is 23.9 Å². The van der Waals surface area contributed by atoms with Gasteiger partial charge in [-0.05, 0) is 63.1 Å². The summed E-state index contributed by atoms with van der Waals surface area (Å²) in [5.41, 5.74) is 0.565. The standard InChI is InChI=1S/C31H43N3O5/c1-18(2)38-16-8-15-34-27(29(36)33-23-12-7-10-20(4)21(23)5)31-14-13-24(39-31)25(26(31)30(34)37)28(35)32-22-11-6-9-19(3)17-22/h6,9,11,13-14,17-18,20-21,23-27H,7-8,10,12,15-16H2,1-5H3,(H,32,35)(H,33,36)/t20-,21+,23+,24+,25-,26+,27+,31+/m0/s1. The van der Waals surface area contributed by atoms with Crippen molar-refractivity contribution < 1.29 is 23.9 Å². The van der Waals surface area contributed by atoms with E-state index in [1.54, 1.807) is 4.90 Å². The zero-order chi connectivity index (χ0) is 27.9. The van der Waals surface area contributed by atoms with Crippen LogP contribution in [0.5, 0.6) is 0 Å². The number of nitrogens with zero attached hydrogens (tertiary/aromatic N) is 1. The lowest BCUT2D eigenvalue weighted by Crippen LogP contribution is -2.58. The number of hydrogen-bond donors (Lipinski definition) is 2. The fourth-order valence-corrected chi connectivity index (χ4v) is 7.06. The Kier molecular flexibility index (Phi) is 7.89. The molecule has 2 bridgehead atoms. The highest BCUT2D eigenvalue weighted by atomic mass is 16.5. The van der Waals surface area contributed by atoms with Crippen LogP contribution in [0.25, 0.3) is 0 Å². The van der Waals surface area contributed by atoms with Crippen molar-refractivity contribution in [1.82, 2.24) is 10.2 Å². The molecule has 212 valence electrons. The number of benzene rings is 1. The van der Waals surface area contributed by atoms with Crippen LogP contribution in [0.15, 0.2) is 36.4 Å². The maximum Gasteiger partial charge on any atom is 0.246 e. The second-order valence-corrected chi connectivity index (χ2v) is 12.2. The third kappa shape index (κ3) is 5.13. The van der Waals surface area contributed by atoms with E-state index in [1.165, 1.54) is 0 Å². The van der Waals surface area contributed by atoms with Crippen molar-refractivity contribution in [2.45, 2.75) is 90.2 Å². The summed E-state index contributed by atoms with van der Waals surface area (Å²) in [5.74, 6) is -1.21. The fourth-order valence-electron chi connectivity index (χ4n) is 7.06. The molecule has 0 aromatic heterocycles. The van der Waals surface area contributed by atoms with Crippen LogP contribution in [-0.4, -0.2) is 65.7 Å². The van der Waals surface area contributed by atoms with E-state index in [0.29, 0.717) is 37.1 Å². The summed E-state index contributed by atoms with van der Waals surface area (Å²) in [6, 6.07) is 6.82. The number of anilines is 1. The van der Waals surface area contributed by atoms with Gasteiger partial charge in [0, 0.05) is 24.9 Å². The molecule has 3 heterocycles. The van der Waals surface area contributed by atoms with Crippen LogP contribution in [0, 0.1) is 30.6 Å². The molecule has 3 amide bonds. The molecule has 1 saturated carbocycles. The van der Waals surface area contributed by atoms with Gasteiger partial charge in [0.1, 0.15) is 11.6 Å². The molecular weight excluding hydrogens is 494 g/mol. The Morgan fingerprint density at radius 1 is 1.21 bits per heavy atom. The second-order valence-electron chi connectivity index (χ2n) is 12.2. The van der Waals surface area contributed by atoms with Crippen molar-refractivity contribution in [3.63, 3.8) is 0 Å². The highest BCUT2D eigenvalue weighted by Gasteiger charge is 2.72. The molecule has 1 spiro atoms. The molecule has 2 N–H and O–H groups in total. The molecule has 39 heavy (non-hydrogen) atoms. The number of rotatable bonds is 9. The Hall–Kier alpha value is -2.71. The summed E-state index contributed by atoms with van der Waals surface area (Å²) < 4.78 is 12.2. The highest BCUT2D eigenvalue weighted by molar-refractivity contribution is 6.02. The summed E-state index contributed by atoms with van der Waals surface area (Å²) in [6.45, 7) is 11.2. The van der Waals surface area contributed by atoms with Gasteiger partial charge in [-0.1, -0.05) is 51.0 Å². The zero-order valence-electron chi connectivity index (χ0n) is 23.8. The molecule has 4 aliphatic rings. The molecule has 2 saturated heterocycles. The number of amides is 3. The van der Waals surface area contributed by atoms with E-state index in [-0.39, 0.29) is 29.9 Å². The molecule has 1 aromatic carbocycles. The average Bonchev–Trinajstić information content (AvgIpc) is 3.52. The largest absolute Gasteiger partial charge is 0.379 e. The number of carbonyl (C=O) groups excluding carboxylic acids is 3. The minimum atomic E-state index is -1.15. The lowest BCUT2D eigenvalue weighted by atomic mass is 9.73. The number of carbonyl (C=O) groups is 3. The molecule has 8 heteroatoms. The molecule has 3 aliphatic heterocycles. The van der Waals surface area contributed by atoms with E-state index < -0.39 is 29.6 Å². The van der Waals surface area contributed by atoms with E-state index in [0.717, 1.165) is 24.8 Å². The summed E-state index contributed by atoms with van der Waals surface area (Å²) >= 11 is 0. The topological polar surface area (TPSA) is 97.0 Å². The number of likely N-dealkylation sites (tertiary alicyclic amines) is 1. The summed E-state index contributed by atoms with van der Waals surface area (Å²) in [6.07, 6.45) is 7.04. The Labute approximate surface area is 231 Å². The Bertz CT molecular complexity index is 1130. The van der Waals surface area contributed by atoms with Gasteiger partial charge in [-0.25, -0.2) is 0 Å². The van der Waals surface area contributed by atoms with Gasteiger partial charge in [-0.2, -0.15) is 0 Å². The van der Waals surface area contributed by atoms with Crippen molar-refractivity contribution in [2.24, 2.45) is 23.7 Å².